The minimum atomic E-state index is -1.92. The number of nitrogens with two attached hydrogens (primary N) is 2. The number of guanidine groups is 1. The van der Waals surface area contributed by atoms with Crippen LogP contribution in [0.5, 0.6) is 0 Å². The highest BCUT2D eigenvalue weighted by atomic mass is 32.2. The molecule has 18 N–H and O–H groups in total. The zero-order valence-corrected chi connectivity index (χ0v) is 51.1. The summed E-state index contributed by atoms with van der Waals surface area (Å²) < 4.78 is 9.72. The molecule has 10 amide bonds. The molecule has 0 aromatic heterocycles. The van der Waals surface area contributed by atoms with Crippen LogP contribution >= 0.6 is 35.3 Å². The number of hydrogen-bond acceptors (Lipinski definition) is 19. The summed E-state index contributed by atoms with van der Waals surface area (Å²) in [7, 11) is 0. The van der Waals surface area contributed by atoms with Gasteiger partial charge in [-0.15, -0.1) is 11.8 Å². The van der Waals surface area contributed by atoms with E-state index in [0.717, 1.165) is 0 Å². The second-order valence-electron chi connectivity index (χ2n) is 21.1. The number of nitrogens with one attached hydrogen (secondary N) is 12. The molecule has 0 radical (unpaired) electrons. The first-order chi connectivity index (χ1) is 40.0. The Hall–Kier alpha value is -6.94. The molecule has 0 aliphatic carbocycles. The van der Waals surface area contributed by atoms with Crippen molar-refractivity contribution in [2.24, 2.45) is 11.5 Å². The molecule has 0 saturated carbocycles. The Labute approximate surface area is 506 Å². The highest BCUT2D eigenvalue weighted by molar-refractivity contribution is 8.01. The van der Waals surface area contributed by atoms with E-state index < -0.39 is 160 Å². The summed E-state index contributed by atoms with van der Waals surface area (Å²) in [5.41, 5.74) is 11.3. The third-order valence-corrected chi connectivity index (χ3v) is 15.2. The number of aliphatic carboxylic acids is 2. The lowest BCUT2D eigenvalue weighted by Crippen LogP contribution is -2.60. The van der Waals surface area contributed by atoms with Crippen molar-refractivity contribution in [2.45, 2.75) is 125 Å². The highest BCUT2D eigenvalue weighted by Gasteiger charge is 2.36. The van der Waals surface area contributed by atoms with E-state index in [1.165, 1.54) is 23.5 Å². The number of rotatable bonds is 29. The molecule has 85 heavy (non-hydrogen) atoms. The number of thioether (sulfide) groups is 3. The van der Waals surface area contributed by atoms with Crippen molar-refractivity contribution in [3.05, 3.63) is 35.9 Å². The fourth-order valence-electron chi connectivity index (χ4n) is 7.26. The molecule has 1 aromatic carbocycles. The van der Waals surface area contributed by atoms with Crippen LogP contribution in [0.1, 0.15) is 72.8 Å². The maximum atomic E-state index is 14.6. The molecule has 1 aromatic rings. The molecule has 0 bridgehead atoms. The topological polar surface area (TPSA) is 472 Å². The molecule has 476 valence electrons. The Morgan fingerprint density at radius 2 is 1.28 bits per heavy atom. The van der Waals surface area contributed by atoms with Crippen molar-refractivity contribution in [3.8, 4) is 0 Å². The second kappa shape index (κ2) is 38.9. The molecule has 1 heterocycles. The van der Waals surface area contributed by atoms with Crippen LogP contribution in [0.4, 0.5) is 0 Å². The molecule has 2 rings (SSSR count). The largest absolute Gasteiger partial charge is 0.481 e. The molecule has 7 atom stereocenters. The minimum absolute atomic E-state index is 0.00607. The number of benzene rings is 1. The van der Waals surface area contributed by atoms with E-state index in [4.69, 9.17) is 26.4 Å². The lowest BCUT2D eigenvalue weighted by atomic mass is 10.0. The first-order valence-corrected chi connectivity index (χ1v) is 30.3. The molecule has 1 aliphatic rings. The number of carboxylic acids is 2. The van der Waals surface area contributed by atoms with E-state index in [1.807, 2.05) is 41.5 Å². The monoisotopic (exact) mass is 1260 g/mol. The Morgan fingerprint density at radius 3 is 1.88 bits per heavy atom. The summed E-state index contributed by atoms with van der Waals surface area (Å²) >= 11 is 3.21. The molecular formula is C52H84N14O16S3. The molecular weight excluding hydrogens is 1170 g/mol. The van der Waals surface area contributed by atoms with Gasteiger partial charge >= 0.3 is 11.9 Å². The van der Waals surface area contributed by atoms with Crippen LogP contribution in [-0.4, -0.2) is 221 Å². The van der Waals surface area contributed by atoms with Gasteiger partial charge in [0, 0.05) is 52.8 Å². The summed E-state index contributed by atoms with van der Waals surface area (Å²) in [6.07, 6.45) is -2.26. The van der Waals surface area contributed by atoms with Crippen LogP contribution < -0.4 is 70.0 Å². The molecule has 30 nitrogen and oxygen atoms in total. The van der Waals surface area contributed by atoms with Crippen molar-refractivity contribution in [1.29, 1.82) is 5.41 Å². The highest BCUT2D eigenvalue weighted by Crippen LogP contribution is 2.25. The zero-order valence-electron chi connectivity index (χ0n) is 48.6. The molecule has 1 fully saturated rings. The standard InChI is InChI=1S/C52H84N14O16S3/c1-51(2,3)84-27-36(44(75)58-24-38(67)56-16-18-82-20-19-81-17-14-53)65-45(76)32(21-30-11-8-7-9-12-30)63-48(79)35-26-83-29-40(69)61-34(23-42(72)73)47(78)66-37(28-85-52(4,5)6)49(80)62-31(13-10-15-57-50(54)55)43(74)59-25-39(68)60-33(22-41(70)71)46(77)64-35/h7-9,11-12,31-37H,10,13-29,53H2,1-6H3,(H,56,67)(H,58,75)(H,59,74)(H,60,68)(H,61,69)(H,62,80)(H,63,79)(H,64,77)(H,65,76)(H,66,78)(H,70,71)(H,72,73)(H4,54,55,57)/t31-,32-,33-,34-,35-,36-,37-/m0/s1. The van der Waals surface area contributed by atoms with Crippen molar-refractivity contribution in [3.63, 3.8) is 0 Å². The number of ether oxygens (including phenoxy) is 2. The number of hydrogen-bond donors (Lipinski definition) is 16. The zero-order chi connectivity index (χ0) is 63.7. The fraction of sp³-hybridized carbons (Fsp3) is 0.635. The van der Waals surface area contributed by atoms with Crippen LogP contribution in [0.3, 0.4) is 0 Å². The maximum Gasteiger partial charge on any atom is 0.305 e. The van der Waals surface area contributed by atoms with Gasteiger partial charge in [-0.2, -0.15) is 23.5 Å². The predicted octanol–water partition coefficient (Wildman–Crippen LogP) is -4.01. The fourth-order valence-corrected chi connectivity index (χ4v) is 9.92. The predicted molar refractivity (Wildman–Crippen MR) is 319 cm³/mol. The Bertz CT molecular complexity index is 2440. The number of carbonyl (C=O) groups is 12. The number of amides is 10. The minimum Gasteiger partial charge on any atom is -0.481 e. The third kappa shape index (κ3) is 33.4. The Kier molecular flexibility index (Phi) is 33.9. The first kappa shape index (κ1) is 74.2. The van der Waals surface area contributed by atoms with Gasteiger partial charge in [-0.1, -0.05) is 71.9 Å². The average molecular weight is 1260 g/mol. The summed E-state index contributed by atoms with van der Waals surface area (Å²) in [6.45, 7) is 11.4. The molecule has 1 saturated heterocycles. The maximum absolute atomic E-state index is 14.6. The van der Waals surface area contributed by atoms with E-state index in [0.29, 0.717) is 37.1 Å². The van der Waals surface area contributed by atoms with Gasteiger partial charge in [0.1, 0.15) is 42.3 Å². The SMILES string of the molecule is CC(C)(C)SC[C@H](NC(=O)[C@H](Cc1ccccc1)NC(=O)[C@@H]1CSCC(=O)N[C@@H](CC(=O)O)C(=O)N[C@@H](CSC(C)(C)C)C(=O)N[C@@H](CCCNC(=N)N)C(=O)NCC(=O)N[C@@H](CC(=O)O)C(=O)N1)C(=O)NCC(=O)NCCOCCOCCN. The number of carbonyl (C=O) groups excluding carboxylic acids is 10. The van der Waals surface area contributed by atoms with E-state index >= 15 is 0 Å². The number of carboxylic acid groups (broad SMARTS) is 2. The Morgan fingerprint density at radius 1 is 0.694 bits per heavy atom. The van der Waals surface area contributed by atoms with Crippen LogP contribution in [0.2, 0.25) is 0 Å². The van der Waals surface area contributed by atoms with Gasteiger partial charge in [0.15, 0.2) is 5.96 Å². The van der Waals surface area contributed by atoms with Gasteiger partial charge in [0.25, 0.3) is 0 Å². The van der Waals surface area contributed by atoms with Gasteiger partial charge in [-0.05, 0) is 18.4 Å². The summed E-state index contributed by atoms with van der Waals surface area (Å²) in [5, 5.41) is 54.4. The molecule has 1 aliphatic heterocycles. The van der Waals surface area contributed by atoms with Gasteiger partial charge in [-0.3, -0.25) is 62.9 Å². The Balaban J connectivity index is 2.60. The van der Waals surface area contributed by atoms with E-state index in [-0.39, 0.29) is 63.0 Å². The first-order valence-electron chi connectivity index (χ1n) is 27.2. The van der Waals surface area contributed by atoms with Crippen molar-refractivity contribution in [2.75, 3.05) is 82.2 Å². The second-order valence-corrected chi connectivity index (χ2v) is 25.8. The van der Waals surface area contributed by atoms with Gasteiger partial charge in [0.2, 0.25) is 59.1 Å². The van der Waals surface area contributed by atoms with Crippen LogP contribution in [0.15, 0.2) is 30.3 Å². The lowest BCUT2D eigenvalue weighted by Gasteiger charge is -2.27. The molecule has 33 heteroatoms. The normalized spacial score (nSPS) is 19.5. The third-order valence-electron chi connectivity index (χ3n) is 11.4. The summed E-state index contributed by atoms with van der Waals surface area (Å²) in [5.74, 6) is -14.3. The van der Waals surface area contributed by atoms with Gasteiger partial charge < -0.3 is 89.6 Å². The summed E-state index contributed by atoms with van der Waals surface area (Å²) in [6, 6.07) is -2.81. The van der Waals surface area contributed by atoms with Gasteiger partial charge in [0.05, 0.1) is 58.1 Å². The summed E-state index contributed by atoms with van der Waals surface area (Å²) in [4.78, 5) is 163. The lowest BCUT2D eigenvalue weighted by molar-refractivity contribution is -0.141. The van der Waals surface area contributed by atoms with Crippen molar-refractivity contribution >= 4 is 112 Å². The molecule has 0 unspecified atom stereocenters. The smallest absolute Gasteiger partial charge is 0.305 e. The van der Waals surface area contributed by atoms with E-state index in [9.17, 15) is 67.7 Å². The van der Waals surface area contributed by atoms with E-state index in [2.05, 4.69) is 58.5 Å². The average Bonchev–Trinajstić information content (AvgIpc) is 3.66. The van der Waals surface area contributed by atoms with Crippen LogP contribution in [0, 0.1) is 5.41 Å². The van der Waals surface area contributed by atoms with Crippen LogP contribution in [0.25, 0.3) is 0 Å². The van der Waals surface area contributed by atoms with Crippen LogP contribution in [-0.2, 0) is 73.4 Å². The van der Waals surface area contributed by atoms with Crippen molar-refractivity contribution in [1.82, 2.24) is 58.5 Å². The quantitative estimate of drug-likeness (QED) is 0.0206. The van der Waals surface area contributed by atoms with Crippen molar-refractivity contribution < 1.29 is 77.2 Å². The van der Waals surface area contributed by atoms with E-state index in [1.54, 1.807) is 30.3 Å². The van der Waals surface area contributed by atoms with Gasteiger partial charge in [-0.25, -0.2) is 0 Å². The molecule has 0 spiro atoms.